The Morgan fingerprint density at radius 1 is 1.12 bits per heavy atom. The standard InChI is InChI=1S/C20H22N2O3/c1-14-5-9-18(10-6-14)25-12-11-21-19(23)16-3-2-4-17(13-16)22-20(24)15-7-8-15/h2-6,9-10,13,15H,7-8,11-12H2,1H3,(H,21,23)(H,22,24). The average molecular weight is 338 g/mol. The molecule has 0 spiro atoms. The first-order chi connectivity index (χ1) is 12.1. The minimum absolute atomic E-state index is 0.0315. The summed E-state index contributed by atoms with van der Waals surface area (Å²) in [7, 11) is 0. The van der Waals surface area contributed by atoms with Crippen molar-refractivity contribution in [1.29, 1.82) is 0 Å². The van der Waals surface area contributed by atoms with E-state index in [9.17, 15) is 9.59 Å². The largest absolute Gasteiger partial charge is 0.492 e. The summed E-state index contributed by atoms with van der Waals surface area (Å²) in [5, 5.41) is 5.67. The predicted octanol–water partition coefficient (Wildman–Crippen LogP) is 3.15. The lowest BCUT2D eigenvalue weighted by molar-refractivity contribution is -0.117. The number of aryl methyl sites for hydroxylation is 1. The van der Waals surface area contributed by atoms with Crippen molar-refractivity contribution in [2.24, 2.45) is 5.92 Å². The molecule has 0 aliphatic heterocycles. The van der Waals surface area contributed by atoms with Crippen LogP contribution in [0.4, 0.5) is 5.69 Å². The Bertz CT molecular complexity index is 752. The van der Waals surface area contributed by atoms with Crippen LogP contribution in [0.25, 0.3) is 0 Å². The molecule has 2 N–H and O–H groups in total. The van der Waals surface area contributed by atoms with Crippen LogP contribution >= 0.6 is 0 Å². The molecule has 3 rings (SSSR count). The normalized spacial score (nSPS) is 13.2. The third-order valence-electron chi connectivity index (χ3n) is 4.02. The number of carbonyl (C=O) groups excluding carboxylic acids is 2. The van der Waals surface area contributed by atoms with Crippen LogP contribution in [-0.2, 0) is 4.79 Å². The lowest BCUT2D eigenvalue weighted by Crippen LogP contribution is -2.28. The monoisotopic (exact) mass is 338 g/mol. The van der Waals surface area contributed by atoms with Crippen LogP contribution in [0.15, 0.2) is 48.5 Å². The second-order valence-electron chi connectivity index (χ2n) is 6.26. The molecule has 1 fully saturated rings. The van der Waals surface area contributed by atoms with Gasteiger partial charge in [0.1, 0.15) is 12.4 Å². The fraction of sp³-hybridized carbons (Fsp3) is 0.300. The molecule has 5 nitrogen and oxygen atoms in total. The SMILES string of the molecule is Cc1ccc(OCCNC(=O)c2cccc(NC(=O)C3CC3)c2)cc1. The van der Waals surface area contributed by atoms with E-state index in [-0.39, 0.29) is 17.7 Å². The second-order valence-corrected chi connectivity index (χ2v) is 6.26. The highest BCUT2D eigenvalue weighted by Gasteiger charge is 2.29. The average Bonchev–Trinajstić information content (AvgIpc) is 3.45. The Kier molecular flexibility index (Phi) is 5.33. The van der Waals surface area contributed by atoms with Crippen LogP contribution in [0.3, 0.4) is 0 Å². The minimum Gasteiger partial charge on any atom is -0.492 e. The van der Waals surface area contributed by atoms with Crippen LogP contribution in [-0.4, -0.2) is 25.0 Å². The van der Waals surface area contributed by atoms with E-state index in [4.69, 9.17) is 4.74 Å². The van der Waals surface area contributed by atoms with Crippen molar-refractivity contribution in [3.05, 3.63) is 59.7 Å². The molecule has 0 radical (unpaired) electrons. The van der Waals surface area contributed by atoms with E-state index in [0.29, 0.717) is 24.4 Å². The van der Waals surface area contributed by atoms with E-state index >= 15 is 0 Å². The number of amides is 2. The molecule has 1 aliphatic rings. The van der Waals surface area contributed by atoms with Crippen molar-refractivity contribution < 1.29 is 14.3 Å². The first kappa shape index (κ1) is 17.0. The van der Waals surface area contributed by atoms with Gasteiger partial charge in [0.25, 0.3) is 5.91 Å². The van der Waals surface area contributed by atoms with Gasteiger partial charge in [-0.15, -0.1) is 0 Å². The van der Waals surface area contributed by atoms with Crippen LogP contribution in [0.2, 0.25) is 0 Å². The van der Waals surface area contributed by atoms with E-state index < -0.39 is 0 Å². The summed E-state index contributed by atoms with van der Waals surface area (Å²) >= 11 is 0. The highest BCUT2D eigenvalue weighted by Crippen LogP contribution is 2.30. The lowest BCUT2D eigenvalue weighted by atomic mass is 10.2. The van der Waals surface area contributed by atoms with Gasteiger partial charge in [-0.1, -0.05) is 23.8 Å². The zero-order chi connectivity index (χ0) is 17.6. The number of ether oxygens (including phenoxy) is 1. The van der Waals surface area contributed by atoms with Gasteiger partial charge in [0, 0.05) is 17.2 Å². The van der Waals surface area contributed by atoms with Gasteiger partial charge in [0.05, 0.1) is 6.54 Å². The fourth-order valence-electron chi connectivity index (χ4n) is 2.40. The number of rotatable bonds is 7. The molecule has 2 amide bonds. The van der Waals surface area contributed by atoms with E-state index in [0.717, 1.165) is 18.6 Å². The Hall–Kier alpha value is -2.82. The third-order valence-corrected chi connectivity index (χ3v) is 4.02. The van der Waals surface area contributed by atoms with Gasteiger partial charge in [0.15, 0.2) is 0 Å². The van der Waals surface area contributed by atoms with E-state index in [1.165, 1.54) is 5.56 Å². The summed E-state index contributed by atoms with van der Waals surface area (Å²) in [6.45, 7) is 2.82. The minimum atomic E-state index is -0.185. The molecule has 25 heavy (non-hydrogen) atoms. The Morgan fingerprint density at radius 2 is 1.88 bits per heavy atom. The smallest absolute Gasteiger partial charge is 0.251 e. The molecule has 2 aromatic carbocycles. The zero-order valence-electron chi connectivity index (χ0n) is 14.2. The predicted molar refractivity (Wildman–Crippen MR) is 96.8 cm³/mol. The van der Waals surface area contributed by atoms with Crippen molar-refractivity contribution in [2.75, 3.05) is 18.5 Å². The molecule has 1 aliphatic carbocycles. The van der Waals surface area contributed by atoms with Gasteiger partial charge in [0.2, 0.25) is 5.91 Å². The summed E-state index contributed by atoms with van der Waals surface area (Å²) in [6, 6.07) is 14.7. The van der Waals surface area contributed by atoms with Crippen molar-refractivity contribution in [3.63, 3.8) is 0 Å². The van der Waals surface area contributed by atoms with Gasteiger partial charge in [-0.3, -0.25) is 9.59 Å². The van der Waals surface area contributed by atoms with Gasteiger partial charge in [-0.2, -0.15) is 0 Å². The molecule has 130 valence electrons. The quantitative estimate of drug-likeness (QED) is 0.762. The van der Waals surface area contributed by atoms with Crippen LogP contribution in [0.5, 0.6) is 5.75 Å². The van der Waals surface area contributed by atoms with Gasteiger partial charge >= 0.3 is 0 Å². The molecule has 2 aromatic rings. The fourth-order valence-corrected chi connectivity index (χ4v) is 2.40. The first-order valence-electron chi connectivity index (χ1n) is 8.50. The van der Waals surface area contributed by atoms with Gasteiger partial charge < -0.3 is 15.4 Å². The number of hydrogen-bond donors (Lipinski definition) is 2. The molecular weight excluding hydrogens is 316 g/mol. The van der Waals surface area contributed by atoms with Crippen molar-refractivity contribution in [3.8, 4) is 5.75 Å². The highest BCUT2D eigenvalue weighted by molar-refractivity contribution is 5.98. The maximum absolute atomic E-state index is 12.2. The lowest BCUT2D eigenvalue weighted by Gasteiger charge is -2.09. The van der Waals surface area contributed by atoms with Gasteiger partial charge in [-0.05, 0) is 50.1 Å². The molecule has 0 atom stereocenters. The third kappa shape index (κ3) is 5.08. The summed E-state index contributed by atoms with van der Waals surface area (Å²) in [5.41, 5.74) is 2.35. The molecule has 5 heteroatoms. The maximum Gasteiger partial charge on any atom is 0.251 e. The first-order valence-corrected chi connectivity index (χ1v) is 8.50. The highest BCUT2D eigenvalue weighted by atomic mass is 16.5. The molecule has 1 saturated carbocycles. The molecule has 0 heterocycles. The Balaban J connectivity index is 1.45. The number of anilines is 1. The zero-order valence-corrected chi connectivity index (χ0v) is 14.2. The van der Waals surface area contributed by atoms with Crippen LogP contribution in [0.1, 0.15) is 28.8 Å². The number of nitrogens with one attached hydrogen (secondary N) is 2. The molecule has 0 bridgehead atoms. The Labute approximate surface area is 147 Å². The maximum atomic E-state index is 12.2. The van der Waals surface area contributed by atoms with E-state index in [1.54, 1.807) is 24.3 Å². The van der Waals surface area contributed by atoms with Crippen LogP contribution < -0.4 is 15.4 Å². The number of benzene rings is 2. The second kappa shape index (κ2) is 7.83. The molecule has 0 aromatic heterocycles. The number of hydrogen-bond acceptors (Lipinski definition) is 3. The van der Waals surface area contributed by atoms with Crippen molar-refractivity contribution >= 4 is 17.5 Å². The van der Waals surface area contributed by atoms with Crippen molar-refractivity contribution in [2.45, 2.75) is 19.8 Å². The summed E-state index contributed by atoms with van der Waals surface area (Å²) in [6.07, 6.45) is 1.90. The van der Waals surface area contributed by atoms with Crippen molar-refractivity contribution in [1.82, 2.24) is 5.32 Å². The van der Waals surface area contributed by atoms with E-state index in [1.807, 2.05) is 31.2 Å². The number of carbonyl (C=O) groups is 2. The van der Waals surface area contributed by atoms with Crippen LogP contribution in [0, 0.1) is 12.8 Å². The van der Waals surface area contributed by atoms with E-state index in [2.05, 4.69) is 10.6 Å². The molecular formula is C20H22N2O3. The molecule has 0 saturated heterocycles. The summed E-state index contributed by atoms with van der Waals surface area (Å²) in [5.74, 6) is 0.764. The molecule has 0 unspecified atom stereocenters. The summed E-state index contributed by atoms with van der Waals surface area (Å²) < 4.78 is 5.59. The summed E-state index contributed by atoms with van der Waals surface area (Å²) in [4.78, 5) is 24.0. The Morgan fingerprint density at radius 3 is 2.60 bits per heavy atom. The topological polar surface area (TPSA) is 67.4 Å². The van der Waals surface area contributed by atoms with Gasteiger partial charge in [-0.25, -0.2) is 0 Å².